The van der Waals surface area contributed by atoms with E-state index in [-0.39, 0.29) is 0 Å². The van der Waals surface area contributed by atoms with E-state index in [1.807, 2.05) is 0 Å². The highest BCUT2D eigenvalue weighted by Gasteiger charge is 2.41. The zero-order valence-corrected chi connectivity index (χ0v) is 9.97. The average Bonchev–Trinajstić information content (AvgIpc) is 2.16. The van der Waals surface area contributed by atoms with Gasteiger partial charge >= 0.3 is 0 Å². The Morgan fingerprint density at radius 1 is 1.27 bits per heavy atom. The van der Waals surface area contributed by atoms with Gasteiger partial charge in [-0.25, -0.2) is 8.42 Å². The lowest BCUT2D eigenvalue weighted by Gasteiger charge is -2.18. The van der Waals surface area contributed by atoms with E-state index in [2.05, 4.69) is 0 Å². The summed E-state index contributed by atoms with van der Waals surface area (Å²) in [7, 11) is -3.63. The highest BCUT2D eigenvalue weighted by atomic mass is 35.5. The van der Waals surface area contributed by atoms with Crippen LogP contribution in [-0.2, 0) is 9.84 Å². The highest BCUT2D eigenvalue weighted by Crippen LogP contribution is 2.26. The van der Waals surface area contributed by atoms with Crippen molar-refractivity contribution in [1.82, 2.24) is 0 Å². The first-order valence-electron chi connectivity index (χ1n) is 4.25. The van der Waals surface area contributed by atoms with E-state index in [0.29, 0.717) is 5.56 Å². The molecule has 0 spiro atoms. The Balaban J connectivity index is 3.17. The highest BCUT2D eigenvalue weighted by molar-refractivity contribution is 7.94. The van der Waals surface area contributed by atoms with Gasteiger partial charge in [0.05, 0.1) is 0 Å². The number of carbonyl (C=O) groups is 1. The summed E-state index contributed by atoms with van der Waals surface area (Å²) in [6, 6.07) is 8.12. The first kappa shape index (κ1) is 12.2. The molecule has 0 N–H and O–H groups in total. The Labute approximate surface area is 94.0 Å². The van der Waals surface area contributed by atoms with E-state index in [1.165, 1.54) is 19.1 Å². The van der Waals surface area contributed by atoms with Gasteiger partial charge < -0.3 is 0 Å². The SMILES string of the molecule is CC(Cl)(C(=O)c1ccccc1)S(C)(=O)=O. The summed E-state index contributed by atoms with van der Waals surface area (Å²) in [5.74, 6) is -0.604. The lowest BCUT2D eigenvalue weighted by atomic mass is 10.1. The Morgan fingerprint density at radius 2 is 1.73 bits per heavy atom. The molecular weight excluding hydrogens is 236 g/mol. The van der Waals surface area contributed by atoms with Gasteiger partial charge in [-0.2, -0.15) is 0 Å². The Hall–Kier alpha value is -0.870. The monoisotopic (exact) mass is 246 g/mol. The van der Waals surface area contributed by atoms with Crippen molar-refractivity contribution < 1.29 is 13.2 Å². The van der Waals surface area contributed by atoms with Gasteiger partial charge in [0, 0.05) is 11.8 Å². The normalized spacial score (nSPS) is 15.7. The van der Waals surface area contributed by atoms with Crippen LogP contribution in [-0.4, -0.2) is 24.7 Å². The molecule has 0 bridgehead atoms. The number of rotatable bonds is 3. The van der Waals surface area contributed by atoms with Gasteiger partial charge in [0.2, 0.25) is 4.21 Å². The zero-order valence-electron chi connectivity index (χ0n) is 8.40. The summed E-state index contributed by atoms with van der Waals surface area (Å²) < 4.78 is 20.7. The minimum atomic E-state index is -3.63. The fourth-order valence-corrected chi connectivity index (χ4v) is 1.58. The van der Waals surface area contributed by atoms with Crippen molar-refractivity contribution >= 4 is 27.2 Å². The standard InChI is InChI=1S/C10H11ClO3S/c1-10(11,15(2,13)14)9(12)8-6-4-3-5-7-8/h3-7H,1-2H3. The van der Waals surface area contributed by atoms with Crippen LogP contribution in [0, 0.1) is 0 Å². The molecule has 1 unspecified atom stereocenters. The fourth-order valence-electron chi connectivity index (χ4n) is 1.02. The van der Waals surface area contributed by atoms with Gasteiger partial charge in [-0.05, 0) is 6.92 Å². The molecule has 0 heterocycles. The molecule has 15 heavy (non-hydrogen) atoms. The Bertz CT molecular complexity index is 463. The largest absolute Gasteiger partial charge is 0.291 e. The van der Waals surface area contributed by atoms with Crippen molar-refractivity contribution in [3.05, 3.63) is 35.9 Å². The molecule has 0 aliphatic rings. The molecule has 0 aliphatic heterocycles. The number of ketones is 1. The van der Waals surface area contributed by atoms with Crippen LogP contribution in [0.1, 0.15) is 17.3 Å². The van der Waals surface area contributed by atoms with Gasteiger partial charge in [-0.15, -0.1) is 0 Å². The quantitative estimate of drug-likeness (QED) is 0.604. The number of carbonyl (C=O) groups excluding carboxylic acids is 1. The maximum atomic E-state index is 11.8. The van der Waals surface area contributed by atoms with Gasteiger partial charge in [0.25, 0.3) is 0 Å². The minimum Gasteiger partial charge on any atom is -0.291 e. The summed E-state index contributed by atoms with van der Waals surface area (Å²) in [6.45, 7) is 1.19. The van der Waals surface area contributed by atoms with Gasteiger partial charge in [-0.1, -0.05) is 41.9 Å². The zero-order chi connectivity index (χ0) is 11.7. The summed E-state index contributed by atoms with van der Waals surface area (Å²) in [5.41, 5.74) is 0.292. The molecule has 3 nitrogen and oxygen atoms in total. The van der Waals surface area contributed by atoms with Crippen molar-refractivity contribution in [3.63, 3.8) is 0 Å². The van der Waals surface area contributed by atoms with Crippen LogP contribution in [0.3, 0.4) is 0 Å². The van der Waals surface area contributed by atoms with Crippen LogP contribution in [0.4, 0.5) is 0 Å². The fraction of sp³-hybridized carbons (Fsp3) is 0.300. The molecule has 1 atom stereocenters. The summed E-state index contributed by atoms with van der Waals surface area (Å²) >= 11 is 5.76. The second-order valence-corrected chi connectivity index (χ2v) is 6.72. The van der Waals surface area contributed by atoms with Crippen LogP contribution < -0.4 is 0 Å². The van der Waals surface area contributed by atoms with Gasteiger partial charge in [-0.3, -0.25) is 4.79 Å². The molecule has 0 aromatic heterocycles. The predicted octanol–water partition coefficient (Wildman–Crippen LogP) is 1.87. The lowest BCUT2D eigenvalue weighted by Crippen LogP contribution is -2.37. The third-order valence-electron chi connectivity index (χ3n) is 2.14. The molecular formula is C10H11ClO3S. The van der Waals surface area contributed by atoms with Crippen molar-refractivity contribution in [2.45, 2.75) is 11.1 Å². The number of hydrogen-bond acceptors (Lipinski definition) is 3. The maximum absolute atomic E-state index is 11.8. The van der Waals surface area contributed by atoms with Crippen LogP contribution in [0.25, 0.3) is 0 Å². The molecule has 0 saturated carbocycles. The molecule has 0 aliphatic carbocycles. The number of benzene rings is 1. The second kappa shape index (κ2) is 3.94. The van der Waals surface area contributed by atoms with Crippen molar-refractivity contribution in [1.29, 1.82) is 0 Å². The first-order chi connectivity index (χ1) is 6.77. The molecule has 0 radical (unpaired) electrons. The van der Waals surface area contributed by atoms with Crippen molar-refractivity contribution in [2.75, 3.05) is 6.26 Å². The third-order valence-corrected chi connectivity index (χ3v) is 4.73. The van der Waals surface area contributed by atoms with E-state index < -0.39 is 19.8 Å². The van der Waals surface area contributed by atoms with Crippen LogP contribution in [0.2, 0.25) is 0 Å². The molecule has 1 aromatic carbocycles. The van der Waals surface area contributed by atoms with E-state index in [4.69, 9.17) is 11.6 Å². The number of sulfone groups is 1. The smallest absolute Gasteiger partial charge is 0.204 e. The predicted molar refractivity (Wildman–Crippen MR) is 59.9 cm³/mol. The molecule has 82 valence electrons. The van der Waals surface area contributed by atoms with Crippen molar-refractivity contribution in [3.8, 4) is 0 Å². The van der Waals surface area contributed by atoms with Crippen molar-refractivity contribution in [2.24, 2.45) is 0 Å². The Kier molecular flexibility index (Phi) is 3.21. The molecule has 0 fully saturated rings. The number of halogens is 1. The second-order valence-electron chi connectivity index (χ2n) is 3.38. The summed E-state index contributed by atoms with van der Waals surface area (Å²) in [5, 5.41) is 0. The number of hydrogen-bond donors (Lipinski definition) is 0. The van der Waals surface area contributed by atoms with Crippen LogP contribution >= 0.6 is 11.6 Å². The third kappa shape index (κ3) is 2.38. The van der Waals surface area contributed by atoms with E-state index in [9.17, 15) is 13.2 Å². The van der Waals surface area contributed by atoms with E-state index >= 15 is 0 Å². The van der Waals surface area contributed by atoms with Gasteiger partial charge in [0.15, 0.2) is 15.6 Å². The number of alkyl halides is 1. The van der Waals surface area contributed by atoms with Gasteiger partial charge in [0.1, 0.15) is 0 Å². The average molecular weight is 247 g/mol. The topological polar surface area (TPSA) is 51.2 Å². The van der Waals surface area contributed by atoms with Crippen LogP contribution in [0.5, 0.6) is 0 Å². The maximum Gasteiger partial charge on any atom is 0.204 e. The molecule has 1 aromatic rings. The Morgan fingerprint density at radius 3 is 2.13 bits per heavy atom. The summed E-state index contributed by atoms with van der Waals surface area (Å²) in [4.78, 5) is 11.8. The molecule has 0 amide bonds. The minimum absolute atomic E-state index is 0.292. The van der Waals surface area contributed by atoms with E-state index in [0.717, 1.165) is 6.26 Å². The molecule has 0 saturated heterocycles. The number of Topliss-reactive ketones (excluding diaryl/α,β-unsaturated/α-hetero) is 1. The van der Waals surface area contributed by atoms with E-state index in [1.54, 1.807) is 18.2 Å². The molecule has 1 rings (SSSR count). The first-order valence-corrected chi connectivity index (χ1v) is 6.52. The summed E-state index contributed by atoms with van der Waals surface area (Å²) in [6.07, 6.45) is 0.945. The van der Waals surface area contributed by atoms with Crippen LogP contribution in [0.15, 0.2) is 30.3 Å². The molecule has 5 heteroatoms. The lowest BCUT2D eigenvalue weighted by molar-refractivity contribution is 0.0978.